The van der Waals surface area contributed by atoms with Crippen LogP contribution >= 0.6 is 11.6 Å². The highest BCUT2D eigenvalue weighted by atomic mass is 35.5. The Morgan fingerprint density at radius 2 is 1.63 bits per heavy atom. The Balaban J connectivity index is 1.29. The van der Waals surface area contributed by atoms with Gasteiger partial charge in [0.1, 0.15) is 11.9 Å². The fraction of sp³-hybridized carbons (Fsp3) is 0.280. The lowest BCUT2D eigenvalue weighted by atomic mass is 9.97. The Hall–Kier alpha value is -2.85. The Labute approximate surface area is 181 Å². The summed E-state index contributed by atoms with van der Waals surface area (Å²) in [4.78, 5) is 19.4. The number of piperidine rings is 1. The summed E-state index contributed by atoms with van der Waals surface area (Å²) >= 11 is 6.11. The zero-order chi connectivity index (χ0) is 20.5. The topological polar surface area (TPSA) is 42.4 Å². The van der Waals surface area contributed by atoms with Crippen LogP contribution in [0.2, 0.25) is 5.02 Å². The number of carbonyl (C=O) groups is 1. The van der Waals surface area contributed by atoms with Crippen molar-refractivity contribution in [3.05, 3.63) is 83.6 Å². The molecule has 3 aromatic rings. The maximum absolute atomic E-state index is 13.3. The minimum atomic E-state index is 0.127. The highest BCUT2D eigenvalue weighted by molar-refractivity contribution is 6.30. The van der Waals surface area contributed by atoms with Gasteiger partial charge in [-0.05, 0) is 60.4 Å². The van der Waals surface area contributed by atoms with Gasteiger partial charge in [0.2, 0.25) is 0 Å². The molecule has 2 saturated heterocycles. The molecular formula is C25H23ClN2O2. The number of halogens is 1. The number of ether oxygens (including phenoxy) is 1. The Kier molecular flexibility index (Phi) is 5.17. The Morgan fingerprint density at radius 3 is 2.30 bits per heavy atom. The van der Waals surface area contributed by atoms with Crippen LogP contribution in [0.4, 0.5) is 0 Å². The molecule has 0 N–H and O–H groups in total. The van der Waals surface area contributed by atoms with Crippen LogP contribution in [0.3, 0.4) is 0 Å². The minimum absolute atomic E-state index is 0.127. The second-order valence-corrected chi connectivity index (χ2v) is 8.52. The van der Waals surface area contributed by atoms with Gasteiger partial charge in [-0.1, -0.05) is 35.9 Å². The minimum Gasteiger partial charge on any atom is -0.490 e. The lowest BCUT2D eigenvalue weighted by Gasteiger charge is -2.39. The number of fused-ring (bicyclic) bond motifs is 2. The van der Waals surface area contributed by atoms with Gasteiger partial charge in [0.25, 0.3) is 5.91 Å². The highest BCUT2D eigenvalue weighted by Gasteiger charge is 2.44. The fourth-order valence-electron chi connectivity index (χ4n) is 4.79. The summed E-state index contributed by atoms with van der Waals surface area (Å²) in [6.45, 7) is 0. The lowest BCUT2D eigenvalue weighted by Crippen LogP contribution is -2.49. The number of amides is 1. The van der Waals surface area contributed by atoms with E-state index in [2.05, 4.69) is 9.88 Å². The molecule has 4 nitrogen and oxygen atoms in total. The predicted molar refractivity (Wildman–Crippen MR) is 118 cm³/mol. The lowest BCUT2D eigenvalue weighted by molar-refractivity contribution is 0.0359. The van der Waals surface area contributed by atoms with Gasteiger partial charge in [-0.15, -0.1) is 0 Å². The van der Waals surface area contributed by atoms with Gasteiger partial charge in [0.15, 0.2) is 0 Å². The second kappa shape index (κ2) is 8.11. The summed E-state index contributed by atoms with van der Waals surface area (Å²) in [5, 5.41) is 0.709. The van der Waals surface area contributed by atoms with Gasteiger partial charge in [-0.2, -0.15) is 0 Å². The summed E-state index contributed by atoms with van der Waals surface area (Å²) in [5.41, 5.74) is 2.85. The van der Waals surface area contributed by atoms with Crippen LogP contribution in [0.1, 0.15) is 36.0 Å². The summed E-state index contributed by atoms with van der Waals surface area (Å²) in [6, 6.07) is 19.9. The van der Waals surface area contributed by atoms with Crippen molar-refractivity contribution in [3.8, 4) is 16.9 Å². The first-order valence-corrected chi connectivity index (χ1v) is 10.8. The van der Waals surface area contributed by atoms with Crippen LogP contribution in [-0.2, 0) is 0 Å². The monoisotopic (exact) mass is 418 g/mol. The van der Waals surface area contributed by atoms with Crippen LogP contribution in [-0.4, -0.2) is 34.0 Å². The average molecular weight is 419 g/mol. The molecule has 2 unspecified atom stereocenters. The van der Waals surface area contributed by atoms with E-state index in [1.54, 1.807) is 12.4 Å². The number of benzene rings is 2. The molecule has 2 aliphatic rings. The number of hydrogen-bond donors (Lipinski definition) is 0. The van der Waals surface area contributed by atoms with Crippen molar-refractivity contribution >= 4 is 17.5 Å². The molecule has 1 amide bonds. The van der Waals surface area contributed by atoms with Gasteiger partial charge in [-0.3, -0.25) is 9.78 Å². The molecule has 2 bridgehead atoms. The van der Waals surface area contributed by atoms with Gasteiger partial charge in [0.05, 0.1) is 0 Å². The number of rotatable bonds is 4. The molecule has 1 aromatic heterocycles. The van der Waals surface area contributed by atoms with Crippen LogP contribution in [0.25, 0.3) is 11.1 Å². The van der Waals surface area contributed by atoms with Gasteiger partial charge in [-0.25, -0.2) is 0 Å². The summed E-state index contributed by atoms with van der Waals surface area (Å²) in [6.07, 6.45) is 7.50. The Bertz CT molecular complexity index is 1020. The van der Waals surface area contributed by atoms with Gasteiger partial charge < -0.3 is 9.64 Å². The smallest absolute Gasteiger partial charge is 0.254 e. The quantitative estimate of drug-likeness (QED) is 0.552. The molecule has 0 saturated carbocycles. The molecule has 152 valence electrons. The SMILES string of the molecule is O=C(c1ccc(-c2cccc(Cl)c2)cc1)N1C2CCC1CC(Oc1ccncc1)C2. The maximum Gasteiger partial charge on any atom is 0.254 e. The normalized spacial score (nSPS) is 22.7. The number of nitrogens with zero attached hydrogens (tertiary/aromatic N) is 2. The van der Waals surface area contributed by atoms with Crippen molar-refractivity contribution in [2.75, 3.05) is 0 Å². The van der Waals surface area contributed by atoms with E-state index in [0.717, 1.165) is 48.1 Å². The van der Waals surface area contributed by atoms with Gasteiger partial charge >= 0.3 is 0 Å². The van der Waals surface area contributed by atoms with E-state index in [-0.39, 0.29) is 24.1 Å². The van der Waals surface area contributed by atoms with E-state index < -0.39 is 0 Å². The van der Waals surface area contributed by atoms with Crippen molar-refractivity contribution in [2.45, 2.75) is 43.9 Å². The fourth-order valence-corrected chi connectivity index (χ4v) is 4.98. The summed E-state index contributed by atoms with van der Waals surface area (Å²) < 4.78 is 6.16. The highest BCUT2D eigenvalue weighted by Crippen LogP contribution is 2.38. The third-order valence-corrected chi connectivity index (χ3v) is 6.40. The van der Waals surface area contributed by atoms with Crippen molar-refractivity contribution in [1.29, 1.82) is 0 Å². The molecule has 3 heterocycles. The van der Waals surface area contributed by atoms with Crippen LogP contribution in [0.5, 0.6) is 5.75 Å². The summed E-state index contributed by atoms with van der Waals surface area (Å²) in [5.74, 6) is 0.980. The van der Waals surface area contributed by atoms with E-state index in [1.165, 1.54) is 0 Å². The zero-order valence-corrected chi connectivity index (χ0v) is 17.3. The molecule has 0 spiro atoms. The summed E-state index contributed by atoms with van der Waals surface area (Å²) in [7, 11) is 0. The molecule has 5 heteroatoms. The first-order chi connectivity index (χ1) is 14.7. The van der Waals surface area contributed by atoms with E-state index >= 15 is 0 Å². The molecular weight excluding hydrogens is 396 g/mol. The third-order valence-electron chi connectivity index (χ3n) is 6.17. The standard InChI is InChI=1S/C25H23ClN2O2/c26-20-3-1-2-19(14-20)17-4-6-18(7-5-17)25(29)28-21-8-9-22(28)16-24(15-21)30-23-10-12-27-13-11-23/h1-7,10-14,21-22,24H,8-9,15-16H2. The van der Waals surface area contributed by atoms with E-state index in [0.29, 0.717) is 5.02 Å². The third kappa shape index (κ3) is 3.80. The molecule has 0 radical (unpaired) electrons. The van der Waals surface area contributed by atoms with E-state index in [1.807, 2.05) is 60.7 Å². The molecule has 5 rings (SSSR count). The van der Waals surface area contributed by atoms with Crippen molar-refractivity contribution < 1.29 is 9.53 Å². The number of aromatic nitrogens is 1. The second-order valence-electron chi connectivity index (χ2n) is 8.08. The largest absolute Gasteiger partial charge is 0.490 e. The van der Waals surface area contributed by atoms with E-state index in [9.17, 15) is 4.79 Å². The first kappa shape index (κ1) is 19.1. The van der Waals surface area contributed by atoms with Crippen LogP contribution < -0.4 is 4.74 Å². The van der Waals surface area contributed by atoms with Crippen molar-refractivity contribution in [1.82, 2.24) is 9.88 Å². The molecule has 2 atom stereocenters. The zero-order valence-electron chi connectivity index (χ0n) is 16.6. The molecule has 0 aliphatic carbocycles. The van der Waals surface area contributed by atoms with Crippen molar-refractivity contribution in [3.63, 3.8) is 0 Å². The number of hydrogen-bond acceptors (Lipinski definition) is 3. The van der Waals surface area contributed by atoms with Crippen molar-refractivity contribution in [2.24, 2.45) is 0 Å². The van der Waals surface area contributed by atoms with E-state index in [4.69, 9.17) is 16.3 Å². The predicted octanol–water partition coefficient (Wildman–Crippen LogP) is 5.62. The maximum atomic E-state index is 13.3. The first-order valence-electron chi connectivity index (χ1n) is 10.4. The van der Waals surface area contributed by atoms with Crippen LogP contribution in [0, 0.1) is 0 Å². The Morgan fingerprint density at radius 1 is 0.933 bits per heavy atom. The molecule has 2 aliphatic heterocycles. The molecule has 2 fully saturated rings. The molecule has 30 heavy (non-hydrogen) atoms. The number of carbonyl (C=O) groups excluding carboxylic acids is 1. The van der Waals surface area contributed by atoms with Crippen LogP contribution in [0.15, 0.2) is 73.1 Å². The molecule has 2 aromatic carbocycles. The number of pyridine rings is 1. The average Bonchev–Trinajstić information content (AvgIpc) is 3.04. The van der Waals surface area contributed by atoms with Gasteiger partial charge in [0, 0.05) is 47.9 Å².